The zero-order valence-electron chi connectivity index (χ0n) is 7.92. The maximum atomic E-state index is 11.3. The van der Waals surface area contributed by atoms with Crippen LogP contribution in [-0.2, 0) is 4.79 Å². The Labute approximate surface area is 69.2 Å². The van der Waals surface area contributed by atoms with Gasteiger partial charge in [-0.25, -0.2) is 0 Å². The molecule has 0 heterocycles. The molecule has 11 heavy (non-hydrogen) atoms. The van der Waals surface area contributed by atoms with E-state index in [0.717, 1.165) is 6.42 Å². The summed E-state index contributed by atoms with van der Waals surface area (Å²) in [5, 5.41) is 0. The average Bonchev–Trinajstić information content (AvgIpc) is 2.17. The van der Waals surface area contributed by atoms with Crippen LogP contribution in [0, 0.1) is 23.7 Å². The van der Waals surface area contributed by atoms with Gasteiger partial charge < -0.3 is 0 Å². The fourth-order valence-electron chi connectivity index (χ4n) is 2.11. The van der Waals surface area contributed by atoms with Gasteiger partial charge in [-0.1, -0.05) is 27.7 Å². The van der Waals surface area contributed by atoms with Gasteiger partial charge in [-0.05, 0) is 17.8 Å². The molecule has 1 heteroatoms. The van der Waals surface area contributed by atoms with Crippen LogP contribution in [0.1, 0.15) is 34.1 Å². The second-order valence-electron chi connectivity index (χ2n) is 4.23. The van der Waals surface area contributed by atoms with Gasteiger partial charge in [-0.15, -0.1) is 0 Å². The summed E-state index contributed by atoms with van der Waals surface area (Å²) < 4.78 is 0. The molecule has 64 valence electrons. The first-order chi connectivity index (χ1) is 5.04. The molecular formula is C10H18O. The van der Waals surface area contributed by atoms with Crippen LogP contribution in [0.5, 0.6) is 0 Å². The van der Waals surface area contributed by atoms with Crippen LogP contribution in [-0.4, -0.2) is 5.78 Å². The lowest BCUT2D eigenvalue weighted by Crippen LogP contribution is -2.14. The maximum Gasteiger partial charge on any atom is 0.136 e. The maximum absolute atomic E-state index is 11.3. The van der Waals surface area contributed by atoms with Crippen molar-refractivity contribution in [2.24, 2.45) is 23.7 Å². The van der Waals surface area contributed by atoms with Gasteiger partial charge in [-0.3, -0.25) is 4.79 Å². The van der Waals surface area contributed by atoms with Crippen molar-refractivity contribution in [2.45, 2.75) is 34.1 Å². The highest BCUT2D eigenvalue weighted by molar-refractivity contribution is 5.83. The molecule has 0 aromatic carbocycles. The van der Waals surface area contributed by atoms with Crippen LogP contribution in [0.2, 0.25) is 0 Å². The van der Waals surface area contributed by atoms with Crippen molar-refractivity contribution in [3.8, 4) is 0 Å². The molecule has 1 fully saturated rings. The van der Waals surface area contributed by atoms with Crippen molar-refractivity contribution >= 4 is 5.78 Å². The summed E-state index contributed by atoms with van der Waals surface area (Å²) in [7, 11) is 0. The molecule has 0 aliphatic heterocycles. The van der Waals surface area contributed by atoms with Crippen LogP contribution < -0.4 is 0 Å². The molecule has 0 amide bonds. The van der Waals surface area contributed by atoms with Crippen molar-refractivity contribution < 1.29 is 4.79 Å². The van der Waals surface area contributed by atoms with Crippen LogP contribution in [0.25, 0.3) is 0 Å². The Bertz CT molecular complexity index is 160. The molecule has 1 nitrogen and oxygen atoms in total. The molecule has 3 unspecified atom stereocenters. The van der Waals surface area contributed by atoms with E-state index in [1.54, 1.807) is 0 Å². The zero-order chi connectivity index (χ0) is 8.59. The average molecular weight is 154 g/mol. The zero-order valence-corrected chi connectivity index (χ0v) is 7.92. The smallest absolute Gasteiger partial charge is 0.136 e. The van der Waals surface area contributed by atoms with Crippen molar-refractivity contribution in [1.29, 1.82) is 0 Å². The Morgan fingerprint density at radius 2 is 1.91 bits per heavy atom. The van der Waals surface area contributed by atoms with E-state index in [1.165, 1.54) is 0 Å². The van der Waals surface area contributed by atoms with Crippen LogP contribution in [0.3, 0.4) is 0 Å². The Balaban J connectivity index is 2.67. The minimum Gasteiger partial charge on any atom is -0.299 e. The normalized spacial score (nSPS) is 38.6. The molecule has 1 saturated carbocycles. The summed E-state index contributed by atoms with van der Waals surface area (Å²) in [6, 6.07) is 0. The van der Waals surface area contributed by atoms with E-state index >= 15 is 0 Å². The first-order valence-electron chi connectivity index (χ1n) is 4.56. The third kappa shape index (κ3) is 1.47. The molecule has 0 spiro atoms. The fraction of sp³-hybridized carbons (Fsp3) is 0.900. The topological polar surface area (TPSA) is 17.1 Å². The number of Topliss-reactive ketones (excluding diaryl/α,β-unsaturated/α-hetero) is 1. The molecule has 0 aromatic rings. The summed E-state index contributed by atoms with van der Waals surface area (Å²) >= 11 is 0. The standard InChI is InChI=1S/C10H18O/c1-6(2)9-5-10(11)8(4)7(9)3/h6-9H,5H2,1-4H3. The van der Waals surface area contributed by atoms with Gasteiger partial charge in [-0.2, -0.15) is 0 Å². The van der Waals surface area contributed by atoms with Gasteiger partial charge in [0.25, 0.3) is 0 Å². The lowest BCUT2D eigenvalue weighted by Gasteiger charge is -2.20. The van der Waals surface area contributed by atoms with Crippen LogP contribution >= 0.6 is 0 Å². The summed E-state index contributed by atoms with van der Waals surface area (Å²) in [4.78, 5) is 11.3. The largest absolute Gasteiger partial charge is 0.299 e. The highest BCUT2D eigenvalue weighted by Crippen LogP contribution is 2.38. The minimum absolute atomic E-state index is 0.308. The summed E-state index contributed by atoms with van der Waals surface area (Å²) in [5.41, 5.74) is 0. The second-order valence-corrected chi connectivity index (χ2v) is 4.23. The molecule has 0 aromatic heterocycles. The van der Waals surface area contributed by atoms with E-state index in [2.05, 4.69) is 27.7 Å². The highest BCUT2D eigenvalue weighted by atomic mass is 16.1. The van der Waals surface area contributed by atoms with Crippen molar-refractivity contribution in [3.05, 3.63) is 0 Å². The van der Waals surface area contributed by atoms with E-state index in [1.807, 2.05) is 0 Å². The number of carbonyl (C=O) groups is 1. The molecule has 0 radical (unpaired) electrons. The first-order valence-corrected chi connectivity index (χ1v) is 4.56. The quantitative estimate of drug-likeness (QED) is 0.567. The first kappa shape index (κ1) is 8.76. The lowest BCUT2D eigenvalue weighted by molar-refractivity contribution is -0.120. The van der Waals surface area contributed by atoms with Crippen molar-refractivity contribution in [2.75, 3.05) is 0 Å². The number of hydrogen-bond acceptors (Lipinski definition) is 1. The Morgan fingerprint density at radius 3 is 2.09 bits per heavy atom. The number of carbonyl (C=O) groups excluding carboxylic acids is 1. The van der Waals surface area contributed by atoms with Gasteiger partial charge in [0, 0.05) is 12.3 Å². The van der Waals surface area contributed by atoms with Crippen molar-refractivity contribution in [1.82, 2.24) is 0 Å². The van der Waals surface area contributed by atoms with E-state index < -0.39 is 0 Å². The van der Waals surface area contributed by atoms with Gasteiger partial charge in [0.15, 0.2) is 0 Å². The summed E-state index contributed by atoms with van der Waals surface area (Å²) in [6.07, 6.45) is 0.819. The highest BCUT2D eigenvalue weighted by Gasteiger charge is 2.37. The van der Waals surface area contributed by atoms with Crippen LogP contribution in [0.4, 0.5) is 0 Å². The SMILES string of the molecule is CC(C)C1CC(=O)C(C)C1C. The molecular weight excluding hydrogens is 136 g/mol. The van der Waals surface area contributed by atoms with Gasteiger partial charge >= 0.3 is 0 Å². The number of rotatable bonds is 1. The molecule has 1 rings (SSSR count). The van der Waals surface area contributed by atoms with Gasteiger partial charge in [0.05, 0.1) is 0 Å². The molecule has 0 saturated heterocycles. The molecule has 0 bridgehead atoms. The third-order valence-corrected chi connectivity index (χ3v) is 3.27. The summed E-state index contributed by atoms with van der Waals surface area (Å²) in [5.74, 6) is 2.68. The Kier molecular flexibility index (Phi) is 2.36. The van der Waals surface area contributed by atoms with E-state index in [0.29, 0.717) is 29.5 Å². The second kappa shape index (κ2) is 2.96. The number of hydrogen-bond donors (Lipinski definition) is 0. The predicted octanol–water partition coefficient (Wildman–Crippen LogP) is 2.50. The Hall–Kier alpha value is -0.330. The van der Waals surface area contributed by atoms with Gasteiger partial charge in [0.1, 0.15) is 5.78 Å². The van der Waals surface area contributed by atoms with E-state index in [-0.39, 0.29) is 0 Å². The number of ketones is 1. The third-order valence-electron chi connectivity index (χ3n) is 3.27. The molecule has 3 atom stereocenters. The molecule has 1 aliphatic carbocycles. The molecule has 1 aliphatic rings. The monoisotopic (exact) mass is 154 g/mol. The van der Waals surface area contributed by atoms with E-state index in [4.69, 9.17) is 0 Å². The van der Waals surface area contributed by atoms with E-state index in [9.17, 15) is 4.79 Å². The predicted molar refractivity (Wildman–Crippen MR) is 46.3 cm³/mol. The summed E-state index contributed by atoms with van der Waals surface area (Å²) in [6.45, 7) is 8.70. The van der Waals surface area contributed by atoms with Crippen LogP contribution in [0.15, 0.2) is 0 Å². The van der Waals surface area contributed by atoms with Gasteiger partial charge in [0.2, 0.25) is 0 Å². The molecule has 0 N–H and O–H groups in total. The fourth-order valence-corrected chi connectivity index (χ4v) is 2.11. The lowest BCUT2D eigenvalue weighted by atomic mass is 9.85. The minimum atomic E-state index is 0.308. The Morgan fingerprint density at radius 1 is 1.36 bits per heavy atom. The van der Waals surface area contributed by atoms with Crippen molar-refractivity contribution in [3.63, 3.8) is 0 Å².